The van der Waals surface area contributed by atoms with Gasteiger partial charge in [-0.2, -0.15) is 0 Å². The molecule has 0 radical (unpaired) electrons. The van der Waals surface area contributed by atoms with E-state index in [4.69, 9.17) is 5.21 Å². The summed E-state index contributed by atoms with van der Waals surface area (Å²) in [6.07, 6.45) is 2.08. The molecular weight excluding hydrogens is 484 g/mol. The largest absolute Gasteiger partial charge is 0.343 e. The van der Waals surface area contributed by atoms with Crippen LogP contribution >= 0.6 is 0 Å². The van der Waals surface area contributed by atoms with Crippen molar-refractivity contribution in [3.05, 3.63) is 89.5 Å². The van der Waals surface area contributed by atoms with Gasteiger partial charge in [0, 0.05) is 42.6 Å². The number of halogens is 2. The highest BCUT2D eigenvalue weighted by atomic mass is 19.3. The van der Waals surface area contributed by atoms with Crippen LogP contribution in [0.3, 0.4) is 0 Å². The highest BCUT2D eigenvalue weighted by molar-refractivity contribution is 5.98. The number of hydrogen-bond donors (Lipinski definition) is 4. The van der Waals surface area contributed by atoms with Crippen molar-refractivity contribution in [1.29, 1.82) is 0 Å². The summed E-state index contributed by atoms with van der Waals surface area (Å²) < 4.78 is 29.5. The van der Waals surface area contributed by atoms with Crippen LogP contribution in [-0.4, -0.2) is 50.5 Å². The van der Waals surface area contributed by atoms with Gasteiger partial charge in [-0.25, -0.2) is 19.2 Å². The van der Waals surface area contributed by atoms with E-state index in [0.717, 1.165) is 25.0 Å². The Morgan fingerprint density at radius 3 is 2.14 bits per heavy atom. The summed E-state index contributed by atoms with van der Waals surface area (Å²) in [5, 5.41) is 13.2. The van der Waals surface area contributed by atoms with Gasteiger partial charge in [0.1, 0.15) is 11.6 Å². The zero-order chi connectivity index (χ0) is 27.0. The fraction of sp³-hybridized carbons (Fsp3) is 0.231. The molecule has 11 heteroatoms. The van der Waals surface area contributed by atoms with Crippen LogP contribution in [0.5, 0.6) is 0 Å². The monoisotopic (exact) mass is 509 g/mol. The molecule has 3 aromatic rings. The Labute approximate surface area is 211 Å². The van der Waals surface area contributed by atoms with Crippen LogP contribution < -0.4 is 16.1 Å². The van der Waals surface area contributed by atoms with Crippen molar-refractivity contribution in [2.24, 2.45) is 0 Å². The summed E-state index contributed by atoms with van der Waals surface area (Å²) in [6.45, 7) is 2.58. The van der Waals surface area contributed by atoms with Crippen molar-refractivity contribution in [3.8, 4) is 11.8 Å². The van der Waals surface area contributed by atoms with Gasteiger partial charge >= 0.3 is 0 Å². The number of rotatable bonds is 8. The van der Waals surface area contributed by atoms with Crippen molar-refractivity contribution < 1.29 is 28.4 Å². The van der Waals surface area contributed by atoms with E-state index in [-0.39, 0.29) is 5.56 Å². The molecule has 0 spiro atoms. The molecule has 0 saturated heterocycles. The van der Waals surface area contributed by atoms with Crippen LogP contribution in [0.4, 0.5) is 8.78 Å². The first kappa shape index (κ1) is 27.0. The minimum absolute atomic E-state index is 0.0598. The number of hydrogen-bond acceptors (Lipinski definition) is 5. The third-order valence-corrected chi connectivity index (χ3v) is 5.52. The number of imidazole rings is 1. The van der Waals surface area contributed by atoms with Gasteiger partial charge in [0.05, 0.1) is 6.33 Å². The van der Waals surface area contributed by atoms with Crippen molar-refractivity contribution in [1.82, 2.24) is 25.7 Å². The van der Waals surface area contributed by atoms with Crippen LogP contribution in [-0.2, 0) is 16.1 Å². The van der Waals surface area contributed by atoms with E-state index >= 15 is 0 Å². The lowest BCUT2D eigenvalue weighted by Gasteiger charge is -2.36. The Morgan fingerprint density at radius 1 is 1.05 bits per heavy atom. The molecule has 2 aromatic carbocycles. The molecule has 3 amide bonds. The fourth-order valence-electron chi connectivity index (χ4n) is 3.53. The first-order valence-corrected chi connectivity index (χ1v) is 11.1. The molecule has 4 N–H and O–H groups in total. The maximum absolute atomic E-state index is 13.8. The fourth-order valence-corrected chi connectivity index (χ4v) is 3.53. The summed E-state index contributed by atoms with van der Waals surface area (Å²) in [5.41, 5.74) is 1.31. The SMILES string of the molecule is CC(=O)NC(C)(C(F)F)[C@H](NC(=O)c1ccc(C#Cc2ccc(Cn3ccnc3)cc2)cc1)C(=O)NO. The highest BCUT2D eigenvalue weighted by Gasteiger charge is 2.48. The first-order valence-electron chi connectivity index (χ1n) is 11.1. The molecule has 37 heavy (non-hydrogen) atoms. The molecule has 1 heterocycles. The third kappa shape index (κ3) is 6.99. The van der Waals surface area contributed by atoms with E-state index < -0.39 is 35.7 Å². The Morgan fingerprint density at radius 2 is 1.65 bits per heavy atom. The van der Waals surface area contributed by atoms with Gasteiger partial charge in [-0.1, -0.05) is 24.0 Å². The van der Waals surface area contributed by atoms with Crippen LogP contribution in [0.1, 0.15) is 40.9 Å². The Balaban J connectivity index is 1.70. The van der Waals surface area contributed by atoms with Gasteiger partial charge in [0.2, 0.25) is 5.91 Å². The number of carbonyl (C=O) groups excluding carboxylic acids is 3. The summed E-state index contributed by atoms with van der Waals surface area (Å²) >= 11 is 0. The zero-order valence-electron chi connectivity index (χ0n) is 20.0. The van der Waals surface area contributed by atoms with Crippen LogP contribution in [0.2, 0.25) is 0 Å². The van der Waals surface area contributed by atoms with Gasteiger partial charge in [-0.05, 0) is 48.9 Å². The molecule has 2 atom stereocenters. The second-order valence-electron chi connectivity index (χ2n) is 8.41. The minimum Gasteiger partial charge on any atom is -0.343 e. The number of benzene rings is 2. The molecule has 0 aliphatic heterocycles. The highest BCUT2D eigenvalue weighted by Crippen LogP contribution is 2.21. The molecule has 0 fully saturated rings. The van der Waals surface area contributed by atoms with Crippen molar-refractivity contribution in [2.45, 2.75) is 38.4 Å². The van der Waals surface area contributed by atoms with Gasteiger partial charge in [-0.15, -0.1) is 0 Å². The lowest BCUT2D eigenvalue weighted by Crippen LogP contribution is -2.68. The number of hydroxylamine groups is 1. The molecule has 0 aliphatic rings. The minimum atomic E-state index is -3.24. The van der Waals surface area contributed by atoms with Gasteiger partial charge in [-0.3, -0.25) is 19.6 Å². The van der Waals surface area contributed by atoms with E-state index in [1.807, 2.05) is 40.3 Å². The summed E-state index contributed by atoms with van der Waals surface area (Å²) in [5.74, 6) is 2.98. The molecule has 3 rings (SSSR count). The normalized spacial score (nSPS) is 13.0. The standard InChI is InChI=1S/C26H25F2N5O4/c1-17(34)31-26(2,25(27)28)22(24(36)32-37)30-23(35)21-11-9-19(10-12-21)4-3-18-5-7-20(8-6-18)15-33-14-13-29-16-33/h5-14,16,22,25,37H,15H2,1-2H3,(H,30,35)(H,31,34)(H,32,36)/t22-,26?/m1/s1. The van der Waals surface area contributed by atoms with Crippen LogP contribution in [0, 0.1) is 11.8 Å². The van der Waals surface area contributed by atoms with E-state index in [1.165, 1.54) is 17.6 Å². The molecule has 1 aromatic heterocycles. The van der Waals surface area contributed by atoms with Crippen LogP contribution in [0.15, 0.2) is 67.3 Å². The number of nitrogens with zero attached hydrogens (tertiary/aromatic N) is 2. The number of nitrogens with one attached hydrogen (secondary N) is 3. The van der Waals surface area contributed by atoms with Crippen molar-refractivity contribution >= 4 is 17.7 Å². The average molecular weight is 510 g/mol. The maximum atomic E-state index is 13.8. The van der Waals surface area contributed by atoms with Crippen LogP contribution in [0.25, 0.3) is 0 Å². The average Bonchev–Trinajstić information content (AvgIpc) is 3.39. The number of carbonyl (C=O) groups is 3. The predicted molar refractivity (Wildman–Crippen MR) is 130 cm³/mol. The molecule has 0 bridgehead atoms. The summed E-state index contributed by atoms with van der Waals surface area (Å²) in [6, 6.07) is 11.7. The second-order valence-corrected chi connectivity index (χ2v) is 8.41. The second kappa shape index (κ2) is 11.9. The van der Waals surface area contributed by atoms with E-state index in [2.05, 4.69) is 22.1 Å². The number of amides is 3. The number of aromatic nitrogens is 2. The third-order valence-electron chi connectivity index (χ3n) is 5.52. The maximum Gasteiger partial charge on any atom is 0.268 e. The van der Waals surface area contributed by atoms with E-state index in [9.17, 15) is 23.2 Å². The van der Waals surface area contributed by atoms with Gasteiger partial charge < -0.3 is 15.2 Å². The van der Waals surface area contributed by atoms with Crippen molar-refractivity contribution in [3.63, 3.8) is 0 Å². The molecular formula is C26H25F2N5O4. The predicted octanol–water partition coefficient (Wildman–Crippen LogP) is 2.09. The topological polar surface area (TPSA) is 125 Å². The Bertz CT molecular complexity index is 1300. The lowest BCUT2D eigenvalue weighted by atomic mass is 9.91. The molecule has 1 unspecified atom stereocenters. The Kier molecular flexibility index (Phi) is 8.71. The first-order chi connectivity index (χ1) is 17.6. The van der Waals surface area contributed by atoms with Gasteiger partial charge in [0.25, 0.3) is 18.2 Å². The van der Waals surface area contributed by atoms with E-state index in [1.54, 1.807) is 24.7 Å². The summed E-state index contributed by atoms with van der Waals surface area (Å²) in [4.78, 5) is 40.3. The molecule has 0 aliphatic carbocycles. The number of alkyl halides is 2. The molecule has 9 nitrogen and oxygen atoms in total. The molecule has 0 saturated carbocycles. The Hall–Kier alpha value is -4.56. The quantitative estimate of drug-likeness (QED) is 0.210. The van der Waals surface area contributed by atoms with Gasteiger partial charge in [0.15, 0.2) is 0 Å². The van der Waals surface area contributed by atoms with Crippen molar-refractivity contribution in [2.75, 3.05) is 0 Å². The van der Waals surface area contributed by atoms with E-state index in [0.29, 0.717) is 12.1 Å². The summed E-state index contributed by atoms with van der Waals surface area (Å²) in [7, 11) is 0. The molecule has 192 valence electrons. The lowest BCUT2D eigenvalue weighted by molar-refractivity contribution is -0.137. The zero-order valence-corrected chi connectivity index (χ0v) is 20.0. The smallest absolute Gasteiger partial charge is 0.268 e.